The maximum Gasteiger partial charge on any atom is 0.308 e. The molecule has 0 saturated carbocycles. The Morgan fingerprint density at radius 1 is 1.14 bits per heavy atom. The smallest absolute Gasteiger partial charge is 0.308 e. The number of carboxylic acids is 1. The summed E-state index contributed by atoms with van der Waals surface area (Å²) < 4.78 is 17.5. The fourth-order valence-corrected chi connectivity index (χ4v) is 3.72. The van der Waals surface area contributed by atoms with Crippen molar-refractivity contribution < 1.29 is 34.0 Å². The van der Waals surface area contributed by atoms with Gasteiger partial charge in [0, 0.05) is 13.0 Å². The fourth-order valence-electron chi connectivity index (χ4n) is 3.72. The van der Waals surface area contributed by atoms with E-state index in [-0.39, 0.29) is 42.5 Å². The van der Waals surface area contributed by atoms with E-state index >= 15 is 0 Å². The lowest BCUT2D eigenvalue weighted by molar-refractivity contribution is -0.187. The second-order valence-electron chi connectivity index (χ2n) is 11.1. The number of carboxylic acid groups (broad SMARTS) is 1. The average Bonchev–Trinajstić information content (AvgIpc) is 2.79. The lowest BCUT2D eigenvalue weighted by Crippen LogP contribution is -2.46. The molecular weight excluding hydrogens is 462 g/mol. The van der Waals surface area contributed by atoms with Crippen LogP contribution in [0.15, 0.2) is 36.0 Å². The van der Waals surface area contributed by atoms with Gasteiger partial charge < -0.3 is 29.7 Å². The van der Waals surface area contributed by atoms with Crippen LogP contribution in [-0.2, 0) is 23.8 Å². The molecule has 0 aromatic heterocycles. The molecule has 0 radical (unpaired) electrons. The van der Waals surface area contributed by atoms with Crippen LogP contribution in [-0.4, -0.2) is 65.9 Å². The standard InChI is InChI=1S/C23H37NO5.C5H10O2/c1-5-6-7-21(26)24-19-15-27-22(28-16-19)11-9-17(2)8-10-20-12-18(14-25)13-23(3,4)29-20;1-5(2,3)4(6)7/h6-10,18-20,22,25H,5,11-16H2,1-4H3,(H,24,26);1-3H3,(H,6,7)/b7-6-,10-8+,17-9+;. The Morgan fingerprint density at radius 3 is 2.28 bits per heavy atom. The highest BCUT2D eigenvalue weighted by Crippen LogP contribution is 2.32. The molecule has 0 aromatic carbocycles. The largest absolute Gasteiger partial charge is 0.481 e. The van der Waals surface area contributed by atoms with Gasteiger partial charge in [-0.25, -0.2) is 0 Å². The minimum atomic E-state index is -0.757. The summed E-state index contributed by atoms with van der Waals surface area (Å²) in [6, 6.07) is -0.114. The van der Waals surface area contributed by atoms with Crippen LogP contribution in [0.2, 0.25) is 0 Å². The Hall–Kier alpha value is -2.00. The SMILES string of the molecule is CC(C)(C)C(=O)O.CC/C=C\C(=O)NC1COC(C/C=C(C)/C=C/C2CC(CO)CC(C)(C)O2)OC1. The Bertz CT molecular complexity index is 771. The maximum atomic E-state index is 11.7. The predicted octanol–water partition coefficient (Wildman–Crippen LogP) is 4.39. The van der Waals surface area contributed by atoms with Crippen LogP contribution in [0, 0.1) is 11.3 Å². The first kappa shape index (κ1) is 32.0. The lowest BCUT2D eigenvalue weighted by Gasteiger charge is -2.39. The number of carbonyl (C=O) groups excluding carboxylic acids is 1. The lowest BCUT2D eigenvalue weighted by atomic mass is 9.86. The number of amides is 1. The van der Waals surface area contributed by atoms with E-state index in [1.54, 1.807) is 26.8 Å². The third-order valence-corrected chi connectivity index (χ3v) is 5.74. The van der Waals surface area contributed by atoms with E-state index < -0.39 is 11.4 Å². The fraction of sp³-hybridized carbons (Fsp3) is 0.714. The maximum absolute atomic E-state index is 11.7. The molecule has 0 aliphatic carbocycles. The van der Waals surface area contributed by atoms with Crippen molar-refractivity contribution in [1.29, 1.82) is 0 Å². The summed E-state index contributed by atoms with van der Waals surface area (Å²) in [6.07, 6.45) is 12.5. The summed E-state index contributed by atoms with van der Waals surface area (Å²) in [4.78, 5) is 21.7. The van der Waals surface area contributed by atoms with E-state index in [0.717, 1.165) is 24.8 Å². The third-order valence-electron chi connectivity index (χ3n) is 5.74. The quantitative estimate of drug-likeness (QED) is 0.328. The third kappa shape index (κ3) is 13.3. The number of hydrogen-bond donors (Lipinski definition) is 3. The van der Waals surface area contributed by atoms with Crippen molar-refractivity contribution in [2.75, 3.05) is 19.8 Å². The number of allylic oxidation sites excluding steroid dienone is 3. The zero-order valence-electron chi connectivity index (χ0n) is 23.1. The number of ether oxygens (including phenoxy) is 3. The highest BCUT2D eigenvalue weighted by atomic mass is 16.7. The first-order valence-electron chi connectivity index (χ1n) is 12.8. The van der Waals surface area contributed by atoms with Crippen LogP contribution >= 0.6 is 0 Å². The van der Waals surface area contributed by atoms with Crippen molar-refractivity contribution in [2.45, 2.75) is 98.2 Å². The Kier molecular flexibility index (Phi) is 13.6. The zero-order valence-corrected chi connectivity index (χ0v) is 23.1. The normalized spacial score (nSPS) is 26.9. The first-order valence-corrected chi connectivity index (χ1v) is 12.8. The minimum absolute atomic E-state index is 0.0209. The molecule has 8 heteroatoms. The van der Waals surface area contributed by atoms with Crippen molar-refractivity contribution in [3.8, 4) is 0 Å². The van der Waals surface area contributed by atoms with E-state index in [1.165, 1.54) is 0 Å². The number of hydrogen-bond acceptors (Lipinski definition) is 6. The van der Waals surface area contributed by atoms with Crippen molar-refractivity contribution in [1.82, 2.24) is 5.32 Å². The molecule has 2 atom stereocenters. The van der Waals surface area contributed by atoms with Gasteiger partial charge in [0.05, 0.1) is 36.4 Å². The second kappa shape index (κ2) is 15.3. The summed E-state index contributed by atoms with van der Waals surface area (Å²) in [5.41, 5.74) is 0.324. The minimum Gasteiger partial charge on any atom is -0.481 e. The Morgan fingerprint density at radius 2 is 1.75 bits per heavy atom. The van der Waals surface area contributed by atoms with Gasteiger partial charge in [-0.05, 0) is 72.8 Å². The zero-order chi connectivity index (χ0) is 27.4. The van der Waals surface area contributed by atoms with Gasteiger partial charge in [-0.2, -0.15) is 0 Å². The molecule has 2 unspecified atom stereocenters. The van der Waals surface area contributed by atoms with Gasteiger partial charge in [0.15, 0.2) is 6.29 Å². The molecule has 206 valence electrons. The van der Waals surface area contributed by atoms with Gasteiger partial charge in [-0.1, -0.05) is 36.8 Å². The van der Waals surface area contributed by atoms with Crippen LogP contribution < -0.4 is 5.32 Å². The van der Waals surface area contributed by atoms with Gasteiger partial charge in [-0.3, -0.25) is 9.59 Å². The van der Waals surface area contributed by atoms with Crippen LogP contribution in [0.25, 0.3) is 0 Å². The van der Waals surface area contributed by atoms with Crippen molar-refractivity contribution in [3.05, 3.63) is 36.0 Å². The first-order chi connectivity index (χ1) is 16.8. The van der Waals surface area contributed by atoms with Gasteiger partial charge in [0.25, 0.3) is 0 Å². The molecule has 2 saturated heterocycles. The molecule has 3 N–H and O–H groups in total. The van der Waals surface area contributed by atoms with E-state index in [1.807, 2.05) is 19.9 Å². The average molecular weight is 510 g/mol. The van der Waals surface area contributed by atoms with Crippen LogP contribution in [0.4, 0.5) is 0 Å². The van der Waals surface area contributed by atoms with Crippen molar-refractivity contribution in [3.63, 3.8) is 0 Å². The van der Waals surface area contributed by atoms with E-state index in [9.17, 15) is 14.7 Å². The predicted molar refractivity (Wildman–Crippen MR) is 140 cm³/mol. The molecule has 2 rings (SSSR count). The highest BCUT2D eigenvalue weighted by Gasteiger charge is 2.33. The summed E-state index contributed by atoms with van der Waals surface area (Å²) in [7, 11) is 0. The van der Waals surface area contributed by atoms with Gasteiger partial charge in [0.2, 0.25) is 5.91 Å². The highest BCUT2D eigenvalue weighted by molar-refractivity contribution is 5.87. The summed E-state index contributed by atoms with van der Waals surface area (Å²) in [6.45, 7) is 14.3. The molecule has 0 aromatic rings. The molecular formula is C28H47NO7. The summed E-state index contributed by atoms with van der Waals surface area (Å²) >= 11 is 0. The molecule has 0 spiro atoms. The molecule has 8 nitrogen and oxygen atoms in total. The number of aliphatic hydroxyl groups excluding tert-OH is 1. The number of aliphatic hydroxyl groups is 1. The summed E-state index contributed by atoms with van der Waals surface area (Å²) in [5, 5.41) is 20.6. The molecule has 2 aliphatic rings. The number of aliphatic carboxylic acids is 1. The molecule has 36 heavy (non-hydrogen) atoms. The van der Waals surface area contributed by atoms with Crippen LogP contribution in [0.5, 0.6) is 0 Å². The molecule has 1 amide bonds. The van der Waals surface area contributed by atoms with Gasteiger partial charge in [-0.15, -0.1) is 0 Å². The monoisotopic (exact) mass is 509 g/mol. The van der Waals surface area contributed by atoms with E-state index in [0.29, 0.717) is 19.6 Å². The number of nitrogens with one attached hydrogen (secondary N) is 1. The summed E-state index contributed by atoms with van der Waals surface area (Å²) in [5.74, 6) is -0.583. The Labute approximate surface area is 216 Å². The molecule has 2 aliphatic heterocycles. The van der Waals surface area contributed by atoms with Crippen LogP contribution in [0.1, 0.15) is 74.1 Å². The second-order valence-corrected chi connectivity index (χ2v) is 11.1. The van der Waals surface area contributed by atoms with Gasteiger partial charge >= 0.3 is 5.97 Å². The van der Waals surface area contributed by atoms with Crippen LogP contribution in [0.3, 0.4) is 0 Å². The van der Waals surface area contributed by atoms with E-state index in [4.69, 9.17) is 19.3 Å². The number of carbonyl (C=O) groups is 2. The van der Waals surface area contributed by atoms with Crippen molar-refractivity contribution in [2.24, 2.45) is 11.3 Å². The van der Waals surface area contributed by atoms with Gasteiger partial charge in [0.1, 0.15) is 0 Å². The molecule has 2 fully saturated rings. The Balaban J connectivity index is 0.000000809. The molecule has 2 heterocycles. The number of rotatable bonds is 8. The van der Waals surface area contributed by atoms with Crippen molar-refractivity contribution >= 4 is 11.9 Å². The topological polar surface area (TPSA) is 114 Å². The molecule has 0 bridgehead atoms. The van der Waals surface area contributed by atoms with E-state index in [2.05, 4.69) is 37.4 Å².